The second-order valence-corrected chi connectivity index (χ2v) is 5.39. The molecule has 0 unspecified atom stereocenters. The lowest BCUT2D eigenvalue weighted by Crippen LogP contribution is -2.22. The average molecular weight is 293 g/mol. The van der Waals surface area contributed by atoms with Crippen molar-refractivity contribution in [2.75, 3.05) is 0 Å². The molecule has 3 rings (SSSR count). The van der Waals surface area contributed by atoms with E-state index in [2.05, 4.69) is 4.98 Å². The van der Waals surface area contributed by atoms with Crippen LogP contribution in [0.4, 0.5) is 4.39 Å². The van der Waals surface area contributed by atoms with Gasteiger partial charge in [-0.05, 0) is 53.4 Å². The molecule has 3 aromatic rings. The van der Waals surface area contributed by atoms with E-state index in [4.69, 9.17) is 0 Å². The van der Waals surface area contributed by atoms with E-state index in [0.717, 1.165) is 16.7 Å². The molecule has 0 amide bonds. The topological polar surface area (TPSA) is 33.1 Å². The van der Waals surface area contributed by atoms with Crippen molar-refractivity contribution in [3.63, 3.8) is 0 Å². The van der Waals surface area contributed by atoms with Crippen molar-refractivity contribution in [1.82, 2.24) is 4.98 Å². The van der Waals surface area contributed by atoms with E-state index in [1.165, 1.54) is 12.1 Å². The first-order valence-electron chi connectivity index (χ1n) is 7.07. The fourth-order valence-corrected chi connectivity index (χ4v) is 2.47. The average Bonchev–Trinajstić information content (AvgIpc) is 2.56. The van der Waals surface area contributed by atoms with E-state index in [9.17, 15) is 9.50 Å². The number of benzene rings is 2. The second kappa shape index (κ2) is 5.70. The van der Waals surface area contributed by atoms with Crippen LogP contribution in [0.3, 0.4) is 0 Å². The van der Waals surface area contributed by atoms with Crippen LogP contribution >= 0.6 is 0 Å². The molecule has 0 radical (unpaired) electrons. The number of aliphatic hydroxyl groups is 1. The van der Waals surface area contributed by atoms with Crippen molar-refractivity contribution in [1.29, 1.82) is 0 Å². The Bertz CT molecular complexity index is 750. The van der Waals surface area contributed by atoms with Crippen LogP contribution in [0, 0.1) is 5.82 Å². The van der Waals surface area contributed by atoms with Crippen molar-refractivity contribution in [2.45, 2.75) is 12.5 Å². The summed E-state index contributed by atoms with van der Waals surface area (Å²) in [5.74, 6) is -0.312. The summed E-state index contributed by atoms with van der Waals surface area (Å²) in [6, 6.07) is 17.5. The molecule has 1 aromatic heterocycles. The fourth-order valence-electron chi connectivity index (χ4n) is 2.47. The number of halogens is 1. The van der Waals surface area contributed by atoms with Gasteiger partial charge in [0.25, 0.3) is 0 Å². The smallest absolute Gasteiger partial charge is 0.123 e. The van der Waals surface area contributed by atoms with Crippen molar-refractivity contribution in [3.05, 3.63) is 90.0 Å². The molecule has 0 aliphatic rings. The third kappa shape index (κ3) is 2.76. The van der Waals surface area contributed by atoms with E-state index in [-0.39, 0.29) is 5.82 Å². The van der Waals surface area contributed by atoms with Gasteiger partial charge in [-0.25, -0.2) is 4.39 Å². The van der Waals surface area contributed by atoms with E-state index < -0.39 is 5.60 Å². The SMILES string of the molecule is C[C@](O)(c1ccc(F)cc1)c1ccc(-c2ccncc2)cc1. The minimum Gasteiger partial charge on any atom is -0.381 e. The zero-order valence-corrected chi connectivity index (χ0v) is 12.2. The number of aromatic nitrogens is 1. The Morgan fingerprint density at radius 1 is 0.773 bits per heavy atom. The zero-order chi connectivity index (χ0) is 15.6. The predicted octanol–water partition coefficient (Wildman–Crippen LogP) is 4.14. The first kappa shape index (κ1) is 14.4. The Morgan fingerprint density at radius 3 is 1.77 bits per heavy atom. The molecule has 3 heteroatoms. The summed E-state index contributed by atoms with van der Waals surface area (Å²) in [6.07, 6.45) is 3.50. The summed E-state index contributed by atoms with van der Waals surface area (Å²) < 4.78 is 13.0. The van der Waals surface area contributed by atoms with Gasteiger partial charge in [0.15, 0.2) is 0 Å². The summed E-state index contributed by atoms with van der Waals surface area (Å²) in [4.78, 5) is 4.00. The Kier molecular flexibility index (Phi) is 3.73. The highest BCUT2D eigenvalue weighted by Crippen LogP contribution is 2.30. The maximum atomic E-state index is 13.0. The molecule has 1 heterocycles. The van der Waals surface area contributed by atoms with Gasteiger partial charge in [-0.1, -0.05) is 36.4 Å². The van der Waals surface area contributed by atoms with Gasteiger partial charge in [0.1, 0.15) is 11.4 Å². The molecule has 1 N–H and O–H groups in total. The second-order valence-electron chi connectivity index (χ2n) is 5.39. The number of pyridine rings is 1. The van der Waals surface area contributed by atoms with Gasteiger partial charge in [0.2, 0.25) is 0 Å². The summed E-state index contributed by atoms with van der Waals surface area (Å²) >= 11 is 0. The first-order chi connectivity index (χ1) is 10.6. The fraction of sp³-hybridized carbons (Fsp3) is 0.105. The van der Waals surface area contributed by atoms with Crippen LogP contribution in [0.15, 0.2) is 73.1 Å². The van der Waals surface area contributed by atoms with Gasteiger partial charge >= 0.3 is 0 Å². The number of rotatable bonds is 3. The zero-order valence-electron chi connectivity index (χ0n) is 12.2. The molecular formula is C19H16FNO. The van der Waals surface area contributed by atoms with Crippen LogP contribution < -0.4 is 0 Å². The minimum atomic E-state index is -1.16. The van der Waals surface area contributed by atoms with E-state index >= 15 is 0 Å². The van der Waals surface area contributed by atoms with Crippen LogP contribution in [0.1, 0.15) is 18.1 Å². The van der Waals surface area contributed by atoms with Gasteiger partial charge in [-0.2, -0.15) is 0 Å². The van der Waals surface area contributed by atoms with Gasteiger partial charge in [0.05, 0.1) is 0 Å². The molecule has 0 bridgehead atoms. The van der Waals surface area contributed by atoms with Crippen molar-refractivity contribution < 1.29 is 9.50 Å². The molecule has 0 aliphatic heterocycles. The largest absolute Gasteiger partial charge is 0.381 e. The molecule has 1 atom stereocenters. The summed E-state index contributed by atoms with van der Waals surface area (Å²) in [7, 11) is 0. The van der Waals surface area contributed by atoms with E-state index in [0.29, 0.717) is 5.56 Å². The molecule has 2 nitrogen and oxygen atoms in total. The van der Waals surface area contributed by atoms with Gasteiger partial charge in [0, 0.05) is 12.4 Å². The third-order valence-corrected chi connectivity index (χ3v) is 3.87. The maximum absolute atomic E-state index is 13.0. The summed E-state index contributed by atoms with van der Waals surface area (Å²) in [5.41, 5.74) is 2.39. The predicted molar refractivity (Wildman–Crippen MR) is 84.7 cm³/mol. The summed E-state index contributed by atoms with van der Waals surface area (Å²) in [6.45, 7) is 1.71. The highest BCUT2D eigenvalue weighted by atomic mass is 19.1. The van der Waals surface area contributed by atoms with Crippen LogP contribution in [0.2, 0.25) is 0 Å². The molecule has 0 spiro atoms. The van der Waals surface area contributed by atoms with Crippen LogP contribution in [-0.2, 0) is 5.60 Å². The molecule has 110 valence electrons. The number of hydrogen-bond acceptors (Lipinski definition) is 2. The van der Waals surface area contributed by atoms with Crippen LogP contribution in [-0.4, -0.2) is 10.1 Å². The summed E-state index contributed by atoms with van der Waals surface area (Å²) in [5, 5.41) is 10.8. The molecule has 2 aromatic carbocycles. The Hall–Kier alpha value is -2.52. The highest BCUT2D eigenvalue weighted by Gasteiger charge is 2.25. The van der Waals surface area contributed by atoms with Crippen LogP contribution in [0.5, 0.6) is 0 Å². The van der Waals surface area contributed by atoms with Gasteiger partial charge in [-0.15, -0.1) is 0 Å². The van der Waals surface area contributed by atoms with Crippen molar-refractivity contribution in [3.8, 4) is 11.1 Å². The molecule has 0 aliphatic carbocycles. The molecular weight excluding hydrogens is 277 g/mol. The third-order valence-electron chi connectivity index (χ3n) is 3.87. The number of nitrogens with zero attached hydrogens (tertiary/aromatic N) is 1. The first-order valence-corrected chi connectivity index (χ1v) is 7.07. The quantitative estimate of drug-likeness (QED) is 0.787. The number of hydrogen-bond donors (Lipinski definition) is 1. The van der Waals surface area contributed by atoms with Crippen molar-refractivity contribution >= 4 is 0 Å². The normalized spacial score (nSPS) is 13.6. The molecule has 22 heavy (non-hydrogen) atoms. The van der Waals surface area contributed by atoms with Gasteiger partial charge < -0.3 is 5.11 Å². The van der Waals surface area contributed by atoms with Gasteiger partial charge in [-0.3, -0.25) is 4.98 Å². The Morgan fingerprint density at radius 2 is 1.23 bits per heavy atom. The highest BCUT2D eigenvalue weighted by molar-refractivity contribution is 5.63. The maximum Gasteiger partial charge on any atom is 0.123 e. The molecule has 0 saturated carbocycles. The molecule has 0 fully saturated rings. The Balaban J connectivity index is 1.93. The standard InChI is InChI=1S/C19H16FNO/c1-19(22,17-6-8-18(20)9-7-17)16-4-2-14(3-5-16)15-10-12-21-13-11-15/h2-13,22H,1H3/t19-/m1/s1. The lowest BCUT2D eigenvalue weighted by Gasteiger charge is -2.24. The molecule has 0 saturated heterocycles. The Labute approximate surface area is 128 Å². The minimum absolute atomic E-state index is 0.312. The lowest BCUT2D eigenvalue weighted by atomic mass is 9.87. The lowest BCUT2D eigenvalue weighted by molar-refractivity contribution is 0.102. The van der Waals surface area contributed by atoms with Crippen molar-refractivity contribution in [2.24, 2.45) is 0 Å². The van der Waals surface area contributed by atoms with E-state index in [1.807, 2.05) is 36.4 Å². The van der Waals surface area contributed by atoms with E-state index in [1.54, 1.807) is 31.5 Å². The monoisotopic (exact) mass is 293 g/mol. The van der Waals surface area contributed by atoms with Crippen LogP contribution in [0.25, 0.3) is 11.1 Å².